The molecule has 0 bridgehead atoms. The molecule has 2 N–H and O–H groups in total. The molecular formula is C20H21N3O4. The molecule has 0 radical (unpaired) electrons. The standard InChI is InChI=1S/C20H21N3O4/c1-11-9-17(22-12(2)21-11)27-14-5-7-20(8-6-14)15-10-13(18(24)25)3-4-16(15)23-19(20)26/h3-4,9-10,14H,5-8H2,1-2H3,(H,23,26)(H,24,25)/t14-,20-. The number of hydrogen-bond acceptors (Lipinski definition) is 5. The van der Waals surface area contributed by atoms with Gasteiger partial charge in [-0.15, -0.1) is 0 Å². The third-order valence-electron chi connectivity index (χ3n) is 5.48. The van der Waals surface area contributed by atoms with Gasteiger partial charge in [-0.3, -0.25) is 4.79 Å². The molecule has 2 heterocycles. The van der Waals surface area contributed by atoms with Crippen LogP contribution < -0.4 is 10.1 Å². The van der Waals surface area contributed by atoms with E-state index in [-0.39, 0.29) is 17.6 Å². The predicted molar refractivity (Wildman–Crippen MR) is 98.1 cm³/mol. The molecule has 1 saturated carbocycles. The molecular weight excluding hydrogens is 346 g/mol. The Labute approximate surface area is 156 Å². The summed E-state index contributed by atoms with van der Waals surface area (Å²) in [5, 5.41) is 12.2. The van der Waals surface area contributed by atoms with Gasteiger partial charge >= 0.3 is 5.97 Å². The number of hydrogen-bond donors (Lipinski definition) is 2. The molecule has 0 atom stereocenters. The Bertz CT molecular complexity index is 913. The Kier molecular flexibility index (Phi) is 4.09. The first kappa shape index (κ1) is 17.5. The molecule has 1 fully saturated rings. The quantitative estimate of drug-likeness (QED) is 0.865. The summed E-state index contributed by atoms with van der Waals surface area (Å²) < 4.78 is 6.03. The summed E-state index contributed by atoms with van der Waals surface area (Å²) in [4.78, 5) is 32.6. The molecule has 2 aliphatic rings. The van der Waals surface area contributed by atoms with Crippen LogP contribution in [-0.4, -0.2) is 33.1 Å². The number of aromatic carboxylic acids is 1. The van der Waals surface area contributed by atoms with Crippen molar-refractivity contribution < 1.29 is 19.4 Å². The number of nitrogens with zero attached hydrogens (tertiary/aromatic N) is 2. The first-order chi connectivity index (χ1) is 12.9. The second kappa shape index (κ2) is 6.33. The number of carbonyl (C=O) groups excluding carboxylic acids is 1. The minimum atomic E-state index is -0.987. The van der Waals surface area contributed by atoms with Crippen LogP contribution in [0.5, 0.6) is 5.88 Å². The van der Waals surface area contributed by atoms with Crippen molar-refractivity contribution in [2.24, 2.45) is 0 Å². The monoisotopic (exact) mass is 367 g/mol. The minimum Gasteiger partial charge on any atom is -0.478 e. The van der Waals surface area contributed by atoms with Gasteiger partial charge in [-0.1, -0.05) is 0 Å². The fourth-order valence-electron chi connectivity index (χ4n) is 4.16. The van der Waals surface area contributed by atoms with E-state index in [1.165, 1.54) is 6.07 Å². The Hall–Kier alpha value is -2.96. The van der Waals surface area contributed by atoms with Crippen LogP contribution in [0.15, 0.2) is 24.3 Å². The smallest absolute Gasteiger partial charge is 0.335 e. The molecule has 2 aromatic rings. The average molecular weight is 367 g/mol. The zero-order valence-electron chi connectivity index (χ0n) is 15.3. The predicted octanol–water partition coefficient (Wildman–Crippen LogP) is 3.00. The molecule has 1 amide bonds. The van der Waals surface area contributed by atoms with Gasteiger partial charge in [0.25, 0.3) is 0 Å². The van der Waals surface area contributed by atoms with Crippen LogP contribution in [0.2, 0.25) is 0 Å². The fourth-order valence-corrected chi connectivity index (χ4v) is 4.16. The summed E-state index contributed by atoms with van der Waals surface area (Å²) in [7, 11) is 0. The Morgan fingerprint density at radius 2 is 1.96 bits per heavy atom. The van der Waals surface area contributed by atoms with Crippen LogP contribution in [0, 0.1) is 13.8 Å². The van der Waals surface area contributed by atoms with Crippen LogP contribution in [0.25, 0.3) is 0 Å². The lowest BCUT2D eigenvalue weighted by Crippen LogP contribution is -2.41. The summed E-state index contributed by atoms with van der Waals surface area (Å²) in [5.41, 5.74) is 1.90. The lowest BCUT2D eigenvalue weighted by atomic mass is 9.69. The Morgan fingerprint density at radius 3 is 2.63 bits per heavy atom. The summed E-state index contributed by atoms with van der Waals surface area (Å²) in [6.45, 7) is 3.73. The second-order valence-electron chi connectivity index (χ2n) is 7.31. The molecule has 1 spiro atoms. The Morgan fingerprint density at radius 1 is 1.22 bits per heavy atom. The molecule has 7 heteroatoms. The maximum atomic E-state index is 12.7. The summed E-state index contributed by atoms with van der Waals surface area (Å²) in [5.74, 6) is 0.194. The van der Waals surface area contributed by atoms with E-state index in [1.807, 2.05) is 19.9 Å². The topological polar surface area (TPSA) is 101 Å². The largest absolute Gasteiger partial charge is 0.478 e. The number of anilines is 1. The normalized spacial score (nSPS) is 23.8. The highest BCUT2D eigenvalue weighted by molar-refractivity contribution is 6.07. The number of nitrogens with one attached hydrogen (secondary N) is 1. The van der Waals surface area contributed by atoms with Crippen LogP contribution in [-0.2, 0) is 10.2 Å². The van der Waals surface area contributed by atoms with Gasteiger partial charge in [0.1, 0.15) is 11.9 Å². The molecule has 0 saturated heterocycles. The molecule has 1 aliphatic carbocycles. The van der Waals surface area contributed by atoms with Gasteiger partial charge in [-0.25, -0.2) is 9.78 Å². The highest BCUT2D eigenvalue weighted by atomic mass is 16.5. The number of rotatable bonds is 3. The van der Waals surface area contributed by atoms with Crippen LogP contribution in [0.1, 0.15) is 53.1 Å². The van der Waals surface area contributed by atoms with Crippen molar-refractivity contribution in [3.05, 3.63) is 46.9 Å². The minimum absolute atomic E-state index is 0.0242. The third kappa shape index (κ3) is 3.03. The zero-order valence-corrected chi connectivity index (χ0v) is 15.3. The molecule has 1 aliphatic heterocycles. The number of amides is 1. The van der Waals surface area contributed by atoms with E-state index in [0.29, 0.717) is 43.1 Å². The van der Waals surface area contributed by atoms with Crippen molar-refractivity contribution in [3.63, 3.8) is 0 Å². The molecule has 1 aromatic heterocycles. The van der Waals surface area contributed by atoms with Gasteiger partial charge in [-0.05, 0) is 63.3 Å². The van der Waals surface area contributed by atoms with Gasteiger partial charge in [0.05, 0.1) is 11.0 Å². The number of aryl methyl sites for hydroxylation is 2. The van der Waals surface area contributed by atoms with E-state index < -0.39 is 11.4 Å². The first-order valence-electron chi connectivity index (χ1n) is 9.06. The van der Waals surface area contributed by atoms with Crippen LogP contribution in [0.3, 0.4) is 0 Å². The highest BCUT2D eigenvalue weighted by Gasteiger charge is 2.49. The van der Waals surface area contributed by atoms with Gasteiger partial charge < -0.3 is 15.2 Å². The SMILES string of the molecule is Cc1cc(O[C@H]2CC[C@@]3(CC2)C(=O)Nc2ccc(C(=O)O)cc23)nc(C)n1. The number of aromatic nitrogens is 2. The Balaban J connectivity index is 1.54. The van der Waals surface area contributed by atoms with E-state index in [0.717, 1.165) is 11.3 Å². The number of fused-ring (bicyclic) bond motifs is 2. The zero-order chi connectivity index (χ0) is 19.2. The van der Waals surface area contributed by atoms with E-state index in [4.69, 9.17) is 4.74 Å². The highest BCUT2D eigenvalue weighted by Crippen LogP contribution is 2.48. The van der Waals surface area contributed by atoms with Crippen molar-refractivity contribution in [2.45, 2.75) is 51.0 Å². The number of benzene rings is 1. The van der Waals surface area contributed by atoms with Gasteiger partial charge in [0, 0.05) is 17.4 Å². The lowest BCUT2D eigenvalue weighted by Gasteiger charge is -2.35. The van der Waals surface area contributed by atoms with Crippen molar-refractivity contribution >= 4 is 17.6 Å². The van der Waals surface area contributed by atoms with Crippen LogP contribution >= 0.6 is 0 Å². The maximum absolute atomic E-state index is 12.7. The van der Waals surface area contributed by atoms with Crippen molar-refractivity contribution in [1.82, 2.24) is 9.97 Å². The molecule has 4 rings (SSSR count). The van der Waals surface area contributed by atoms with E-state index in [9.17, 15) is 14.7 Å². The van der Waals surface area contributed by atoms with E-state index in [1.54, 1.807) is 12.1 Å². The fraction of sp³-hybridized carbons (Fsp3) is 0.400. The van der Waals surface area contributed by atoms with Crippen molar-refractivity contribution in [3.8, 4) is 5.88 Å². The third-order valence-corrected chi connectivity index (χ3v) is 5.48. The second-order valence-corrected chi connectivity index (χ2v) is 7.31. The number of carbonyl (C=O) groups is 2. The molecule has 0 unspecified atom stereocenters. The summed E-state index contributed by atoms with van der Waals surface area (Å²) in [6.07, 6.45) is 2.60. The van der Waals surface area contributed by atoms with E-state index in [2.05, 4.69) is 15.3 Å². The number of carboxylic acid groups (broad SMARTS) is 1. The molecule has 1 aromatic carbocycles. The maximum Gasteiger partial charge on any atom is 0.335 e. The number of ether oxygens (including phenoxy) is 1. The van der Waals surface area contributed by atoms with Crippen molar-refractivity contribution in [1.29, 1.82) is 0 Å². The van der Waals surface area contributed by atoms with Crippen molar-refractivity contribution in [2.75, 3.05) is 5.32 Å². The van der Waals surface area contributed by atoms with Crippen LogP contribution in [0.4, 0.5) is 5.69 Å². The first-order valence-corrected chi connectivity index (χ1v) is 9.06. The number of carboxylic acids is 1. The van der Waals surface area contributed by atoms with Gasteiger partial charge in [-0.2, -0.15) is 4.98 Å². The molecule has 27 heavy (non-hydrogen) atoms. The van der Waals surface area contributed by atoms with E-state index >= 15 is 0 Å². The average Bonchev–Trinajstić information content (AvgIpc) is 2.87. The summed E-state index contributed by atoms with van der Waals surface area (Å²) >= 11 is 0. The molecule has 140 valence electrons. The lowest BCUT2D eigenvalue weighted by molar-refractivity contribution is -0.122. The van der Waals surface area contributed by atoms with Gasteiger partial charge in [0.2, 0.25) is 11.8 Å². The van der Waals surface area contributed by atoms with Gasteiger partial charge in [0.15, 0.2) is 0 Å². The molecule has 7 nitrogen and oxygen atoms in total. The summed E-state index contributed by atoms with van der Waals surface area (Å²) in [6, 6.07) is 6.65.